The van der Waals surface area contributed by atoms with Gasteiger partial charge in [0.1, 0.15) is 0 Å². The van der Waals surface area contributed by atoms with Gasteiger partial charge in [0, 0.05) is 5.92 Å². The predicted octanol–water partition coefficient (Wildman–Crippen LogP) is 5.12. The molecule has 0 aromatic rings. The Kier molecular flexibility index (Phi) is 5.51. The zero-order valence-corrected chi connectivity index (χ0v) is 13.0. The average Bonchev–Trinajstić information content (AvgIpc) is 2.24. The summed E-state index contributed by atoms with van der Waals surface area (Å²) in [4.78, 5) is 0. The van der Waals surface area contributed by atoms with Crippen molar-refractivity contribution < 1.29 is 4.43 Å². The van der Waals surface area contributed by atoms with Crippen LogP contribution in [0.1, 0.15) is 39.0 Å². The van der Waals surface area contributed by atoms with Crippen molar-refractivity contribution in [1.82, 2.24) is 0 Å². The van der Waals surface area contributed by atoms with Crippen molar-refractivity contribution in [2.45, 2.75) is 58.7 Å². The summed E-state index contributed by atoms with van der Waals surface area (Å²) >= 11 is 0. The van der Waals surface area contributed by atoms with E-state index in [0.29, 0.717) is 5.92 Å². The van der Waals surface area contributed by atoms with E-state index in [4.69, 9.17) is 4.43 Å². The van der Waals surface area contributed by atoms with E-state index in [1.54, 1.807) is 0 Å². The second-order valence-corrected chi connectivity index (χ2v) is 10.6. The van der Waals surface area contributed by atoms with Gasteiger partial charge in [-0.3, -0.25) is 0 Å². The molecule has 0 N–H and O–H groups in total. The van der Waals surface area contributed by atoms with Crippen LogP contribution in [0.3, 0.4) is 0 Å². The van der Waals surface area contributed by atoms with Crippen molar-refractivity contribution in [2.24, 2.45) is 11.8 Å². The summed E-state index contributed by atoms with van der Waals surface area (Å²) in [7, 11) is -1.45. The van der Waals surface area contributed by atoms with E-state index in [-0.39, 0.29) is 0 Å². The van der Waals surface area contributed by atoms with E-state index in [1.807, 2.05) is 0 Å². The van der Waals surface area contributed by atoms with Crippen molar-refractivity contribution in [2.75, 3.05) is 0 Å². The molecular formula is C15H28OSi. The zero-order valence-electron chi connectivity index (χ0n) is 12.0. The van der Waals surface area contributed by atoms with Crippen LogP contribution in [0.2, 0.25) is 19.6 Å². The highest BCUT2D eigenvalue weighted by Crippen LogP contribution is 2.32. The third kappa shape index (κ3) is 5.58. The molecule has 17 heavy (non-hydrogen) atoms. The summed E-state index contributed by atoms with van der Waals surface area (Å²) in [5, 5.41) is 0. The minimum absolute atomic E-state index is 0.506. The number of hydrogen-bond donors (Lipinski definition) is 0. The fourth-order valence-corrected chi connectivity index (χ4v) is 3.74. The first kappa shape index (κ1) is 14.6. The van der Waals surface area contributed by atoms with Crippen LogP contribution in [0.4, 0.5) is 0 Å². The molecule has 1 saturated carbocycles. The highest BCUT2D eigenvalue weighted by molar-refractivity contribution is 6.70. The number of allylic oxidation sites excluding steroid dienone is 3. The molecule has 1 rings (SSSR count). The summed E-state index contributed by atoms with van der Waals surface area (Å²) in [5.41, 5.74) is 0. The van der Waals surface area contributed by atoms with Crippen LogP contribution < -0.4 is 0 Å². The Morgan fingerprint density at radius 2 is 1.82 bits per heavy atom. The van der Waals surface area contributed by atoms with Crippen molar-refractivity contribution in [3.8, 4) is 0 Å². The number of rotatable bonds is 5. The monoisotopic (exact) mass is 252 g/mol. The molecule has 0 aromatic carbocycles. The Bertz CT molecular complexity index is 269. The lowest BCUT2D eigenvalue weighted by molar-refractivity contribution is 0.311. The summed E-state index contributed by atoms with van der Waals surface area (Å²) in [6.45, 7) is 12.8. The van der Waals surface area contributed by atoms with Crippen LogP contribution in [0.15, 0.2) is 24.5 Å². The highest BCUT2D eigenvalue weighted by Gasteiger charge is 2.21. The molecule has 1 unspecified atom stereocenters. The SMILES string of the molecule is C=CC(/C=C(\C)O[Si](C)(C)C)C1CCCCC1. The van der Waals surface area contributed by atoms with E-state index in [0.717, 1.165) is 11.7 Å². The van der Waals surface area contributed by atoms with Gasteiger partial charge in [-0.15, -0.1) is 6.58 Å². The third-order valence-corrected chi connectivity index (χ3v) is 4.30. The fourth-order valence-electron chi connectivity index (χ4n) is 2.70. The van der Waals surface area contributed by atoms with Crippen molar-refractivity contribution in [3.63, 3.8) is 0 Å². The molecule has 0 aromatic heterocycles. The van der Waals surface area contributed by atoms with Crippen LogP contribution in [-0.2, 0) is 4.43 Å². The second kappa shape index (κ2) is 6.44. The summed E-state index contributed by atoms with van der Waals surface area (Å²) in [5.74, 6) is 2.40. The Morgan fingerprint density at radius 1 is 1.24 bits per heavy atom. The molecule has 0 aliphatic heterocycles. The molecule has 1 aliphatic carbocycles. The predicted molar refractivity (Wildman–Crippen MR) is 78.5 cm³/mol. The van der Waals surface area contributed by atoms with Crippen LogP contribution in [0.25, 0.3) is 0 Å². The molecule has 0 radical (unpaired) electrons. The van der Waals surface area contributed by atoms with Gasteiger partial charge in [0.25, 0.3) is 0 Å². The van der Waals surface area contributed by atoms with Gasteiger partial charge in [-0.25, -0.2) is 0 Å². The fraction of sp³-hybridized carbons (Fsp3) is 0.733. The molecule has 1 nitrogen and oxygen atoms in total. The van der Waals surface area contributed by atoms with Gasteiger partial charge < -0.3 is 4.43 Å². The molecule has 1 fully saturated rings. The van der Waals surface area contributed by atoms with Crippen LogP contribution in [0, 0.1) is 11.8 Å². The van der Waals surface area contributed by atoms with E-state index < -0.39 is 8.32 Å². The first-order valence-corrected chi connectivity index (χ1v) is 10.3. The van der Waals surface area contributed by atoms with Crippen LogP contribution in [0.5, 0.6) is 0 Å². The van der Waals surface area contributed by atoms with E-state index >= 15 is 0 Å². The molecule has 0 bridgehead atoms. The molecule has 1 aliphatic rings. The van der Waals surface area contributed by atoms with E-state index in [2.05, 4.69) is 45.3 Å². The Hall–Kier alpha value is -0.503. The lowest BCUT2D eigenvalue weighted by atomic mass is 9.80. The summed E-state index contributed by atoms with van der Waals surface area (Å²) in [6, 6.07) is 0. The second-order valence-electron chi connectivity index (χ2n) is 6.20. The maximum absolute atomic E-state index is 6.01. The van der Waals surface area contributed by atoms with Crippen molar-refractivity contribution in [1.29, 1.82) is 0 Å². The molecular weight excluding hydrogens is 224 g/mol. The van der Waals surface area contributed by atoms with Gasteiger partial charge in [0.15, 0.2) is 0 Å². The standard InChI is InChI=1S/C15H28OSi/c1-6-14(15-10-8-7-9-11-15)12-13(2)16-17(3,4)5/h6,12,14-15H,1,7-11H2,2-5H3/b13-12+. The summed E-state index contributed by atoms with van der Waals surface area (Å²) < 4.78 is 6.01. The maximum Gasteiger partial charge on any atom is 0.241 e. The van der Waals surface area contributed by atoms with Gasteiger partial charge in [-0.2, -0.15) is 0 Å². The smallest absolute Gasteiger partial charge is 0.241 e. The van der Waals surface area contributed by atoms with Gasteiger partial charge in [-0.05, 0) is 51.4 Å². The Labute approximate surface area is 108 Å². The highest BCUT2D eigenvalue weighted by atomic mass is 28.4. The Balaban J connectivity index is 2.60. The van der Waals surface area contributed by atoms with Crippen molar-refractivity contribution in [3.05, 3.63) is 24.5 Å². The molecule has 1 atom stereocenters. The third-order valence-electron chi connectivity index (χ3n) is 3.36. The van der Waals surface area contributed by atoms with Crippen molar-refractivity contribution >= 4 is 8.32 Å². The molecule has 2 heteroatoms. The quantitative estimate of drug-likeness (QED) is 0.375. The van der Waals surface area contributed by atoms with Gasteiger partial charge >= 0.3 is 0 Å². The van der Waals surface area contributed by atoms with E-state index in [1.165, 1.54) is 32.1 Å². The van der Waals surface area contributed by atoms with Gasteiger partial charge in [0.2, 0.25) is 8.32 Å². The molecule has 0 spiro atoms. The normalized spacial score (nSPS) is 21.1. The van der Waals surface area contributed by atoms with Crippen LogP contribution in [-0.4, -0.2) is 8.32 Å². The van der Waals surface area contributed by atoms with E-state index in [9.17, 15) is 0 Å². The topological polar surface area (TPSA) is 9.23 Å². The first-order chi connectivity index (χ1) is 7.92. The average molecular weight is 252 g/mol. The first-order valence-electron chi connectivity index (χ1n) is 6.92. The van der Waals surface area contributed by atoms with Gasteiger partial charge in [0.05, 0.1) is 5.76 Å². The largest absolute Gasteiger partial charge is 0.548 e. The minimum atomic E-state index is -1.45. The lowest BCUT2D eigenvalue weighted by Gasteiger charge is -2.27. The van der Waals surface area contributed by atoms with Crippen LogP contribution >= 0.6 is 0 Å². The molecule has 0 saturated heterocycles. The maximum atomic E-state index is 6.01. The minimum Gasteiger partial charge on any atom is -0.548 e. The Morgan fingerprint density at radius 3 is 2.29 bits per heavy atom. The molecule has 0 heterocycles. The zero-order chi connectivity index (χ0) is 12.9. The molecule has 0 amide bonds. The number of hydrogen-bond acceptors (Lipinski definition) is 1. The summed E-state index contributed by atoms with van der Waals surface area (Å²) in [6.07, 6.45) is 11.3. The lowest BCUT2D eigenvalue weighted by Crippen LogP contribution is -2.24. The van der Waals surface area contributed by atoms with Gasteiger partial charge in [-0.1, -0.05) is 25.3 Å². The molecule has 98 valence electrons.